The van der Waals surface area contributed by atoms with Crippen LogP contribution < -0.4 is 16.0 Å². The summed E-state index contributed by atoms with van der Waals surface area (Å²) in [6, 6.07) is 2.94. The van der Waals surface area contributed by atoms with E-state index in [-0.39, 0.29) is 30.8 Å². The van der Waals surface area contributed by atoms with Gasteiger partial charge >= 0.3 is 6.18 Å². The molecule has 0 amide bonds. The van der Waals surface area contributed by atoms with Crippen molar-refractivity contribution in [3.63, 3.8) is 0 Å². The molecule has 0 aliphatic carbocycles. The molecule has 8 nitrogen and oxygen atoms in total. The van der Waals surface area contributed by atoms with Crippen LogP contribution in [0.1, 0.15) is 11.4 Å². The van der Waals surface area contributed by atoms with Crippen molar-refractivity contribution in [2.24, 2.45) is 7.05 Å². The average molecular weight is 386 g/mol. The van der Waals surface area contributed by atoms with Crippen molar-refractivity contribution in [1.82, 2.24) is 20.1 Å². The Hall–Kier alpha value is -2.37. The van der Waals surface area contributed by atoms with Gasteiger partial charge in [-0.15, -0.1) is 10.2 Å². The summed E-state index contributed by atoms with van der Waals surface area (Å²) in [7, 11) is 1.75. The Bertz CT molecular complexity index is 774. The second-order valence-corrected chi connectivity index (χ2v) is 6.18. The van der Waals surface area contributed by atoms with Crippen molar-refractivity contribution >= 4 is 17.2 Å². The number of aliphatic hydroxyl groups excluding tert-OH is 1. The van der Waals surface area contributed by atoms with Crippen LogP contribution >= 0.6 is 0 Å². The van der Waals surface area contributed by atoms with Crippen LogP contribution in [0.15, 0.2) is 18.3 Å². The smallest absolute Gasteiger partial charge is 0.390 e. The lowest BCUT2D eigenvalue weighted by Gasteiger charge is -2.24. The third kappa shape index (κ3) is 4.87. The largest absolute Gasteiger partial charge is 0.437 e. The number of aliphatic hydroxyl groups is 1. The molecule has 3 heterocycles. The van der Waals surface area contributed by atoms with E-state index in [1.54, 1.807) is 23.9 Å². The Kier molecular flexibility index (Phi) is 5.82. The van der Waals surface area contributed by atoms with Crippen molar-refractivity contribution in [2.45, 2.75) is 18.9 Å². The fourth-order valence-corrected chi connectivity index (χ4v) is 2.76. The summed E-state index contributed by atoms with van der Waals surface area (Å²) >= 11 is 0. The Morgan fingerprint density at radius 1 is 1.37 bits per heavy atom. The maximum Gasteiger partial charge on any atom is 0.437 e. The molecule has 2 aromatic heterocycles. The zero-order chi connectivity index (χ0) is 19.4. The maximum atomic E-state index is 13.2. The van der Waals surface area contributed by atoms with Gasteiger partial charge in [0.2, 0.25) is 0 Å². The van der Waals surface area contributed by atoms with E-state index < -0.39 is 11.9 Å². The molecule has 0 bridgehead atoms. The van der Waals surface area contributed by atoms with Crippen LogP contribution in [0.2, 0.25) is 0 Å². The summed E-state index contributed by atoms with van der Waals surface area (Å²) in [5.41, 5.74) is -0.0209. The second kappa shape index (κ2) is 8.11. The van der Waals surface area contributed by atoms with Gasteiger partial charge in [0.05, 0.1) is 30.7 Å². The third-order valence-electron chi connectivity index (χ3n) is 4.13. The lowest BCUT2D eigenvalue weighted by atomic mass is 10.2. The van der Waals surface area contributed by atoms with Crippen molar-refractivity contribution in [2.75, 3.05) is 36.9 Å². The number of hydrogen-bond donors (Lipinski definition) is 4. The van der Waals surface area contributed by atoms with Gasteiger partial charge in [-0.05, 0) is 6.07 Å². The van der Waals surface area contributed by atoms with Gasteiger partial charge in [-0.25, -0.2) is 0 Å². The standard InChI is InChI=1S/C16H21F3N6O2/c1-25-8-10(4-11(25)9-26)22-14-5-13(15(24-23-14)16(17,18)19)21-7-12-6-20-2-3-27-12/h4-5,8,12,20,26H,2-3,6-7,9H2,1H3,(H2,21,22,23). The summed E-state index contributed by atoms with van der Waals surface area (Å²) < 4.78 is 46.9. The highest BCUT2D eigenvalue weighted by Crippen LogP contribution is 2.34. The fourth-order valence-electron chi connectivity index (χ4n) is 2.76. The summed E-state index contributed by atoms with van der Waals surface area (Å²) in [6.45, 7) is 1.86. The molecule has 1 unspecified atom stereocenters. The zero-order valence-corrected chi connectivity index (χ0v) is 14.7. The molecule has 148 valence electrons. The molecule has 11 heteroatoms. The number of rotatable bonds is 6. The van der Waals surface area contributed by atoms with Crippen LogP contribution in [0.25, 0.3) is 0 Å². The van der Waals surface area contributed by atoms with Crippen LogP contribution in [0.3, 0.4) is 0 Å². The summed E-state index contributed by atoms with van der Waals surface area (Å²) in [4.78, 5) is 0. The predicted molar refractivity (Wildman–Crippen MR) is 92.8 cm³/mol. The van der Waals surface area contributed by atoms with E-state index in [1.807, 2.05) is 0 Å². The van der Waals surface area contributed by atoms with Gasteiger partial charge in [0.1, 0.15) is 0 Å². The second-order valence-electron chi connectivity index (χ2n) is 6.18. The van der Waals surface area contributed by atoms with E-state index in [2.05, 4.69) is 26.1 Å². The van der Waals surface area contributed by atoms with Crippen molar-refractivity contribution < 1.29 is 23.0 Å². The van der Waals surface area contributed by atoms with E-state index in [0.29, 0.717) is 24.5 Å². The zero-order valence-electron chi connectivity index (χ0n) is 14.7. The molecule has 3 rings (SSSR count). The summed E-state index contributed by atoms with van der Waals surface area (Å²) in [6.07, 6.45) is -3.17. The molecule has 0 radical (unpaired) electrons. The van der Waals surface area contributed by atoms with E-state index >= 15 is 0 Å². The number of alkyl halides is 3. The Labute approximate surface area is 153 Å². The molecule has 0 spiro atoms. The number of hydrogen-bond acceptors (Lipinski definition) is 7. The van der Waals surface area contributed by atoms with E-state index in [0.717, 1.165) is 6.54 Å². The summed E-state index contributed by atoms with van der Waals surface area (Å²) in [5, 5.41) is 25.0. The first-order valence-corrected chi connectivity index (χ1v) is 8.41. The molecule has 0 aromatic carbocycles. The minimum Gasteiger partial charge on any atom is -0.390 e. The normalized spacial score (nSPS) is 17.7. The average Bonchev–Trinajstić information content (AvgIpc) is 2.99. The lowest BCUT2D eigenvalue weighted by molar-refractivity contribution is -0.141. The van der Waals surface area contributed by atoms with E-state index in [4.69, 9.17) is 4.74 Å². The number of nitrogens with one attached hydrogen (secondary N) is 3. The molecule has 1 aliphatic rings. The van der Waals surface area contributed by atoms with Crippen LogP contribution in [-0.2, 0) is 24.6 Å². The predicted octanol–water partition coefficient (Wildman–Crippen LogP) is 1.47. The van der Waals surface area contributed by atoms with Gasteiger partial charge in [0.15, 0.2) is 11.5 Å². The first kappa shape index (κ1) is 19.4. The SMILES string of the molecule is Cn1cc(Nc2cc(NCC3CNCCO3)c(C(F)(F)F)nn2)cc1CO. The maximum absolute atomic E-state index is 13.2. The molecule has 1 aliphatic heterocycles. The Morgan fingerprint density at radius 3 is 2.81 bits per heavy atom. The van der Waals surface area contributed by atoms with Crippen LogP contribution in [0.4, 0.5) is 30.4 Å². The van der Waals surface area contributed by atoms with Crippen molar-refractivity contribution in [3.8, 4) is 0 Å². The number of anilines is 3. The first-order valence-electron chi connectivity index (χ1n) is 8.41. The molecule has 0 saturated carbocycles. The lowest BCUT2D eigenvalue weighted by Crippen LogP contribution is -2.42. The quantitative estimate of drug-likeness (QED) is 0.597. The highest BCUT2D eigenvalue weighted by molar-refractivity contribution is 5.62. The topological polar surface area (TPSA) is 96.3 Å². The first-order chi connectivity index (χ1) is 12.9. The van der Waals surface area contributed by atoms with E-state index in [1.165, 1.54) is 6.07 Å². The molecule has 1 saturated heterocycles. The van der Waals surface area contributed by atoms with Gasteiger partial charge in [-0.2, -0.15) is 13.2 Å². The highest BCUT2D eigenvalue weighted by Gasteiger charge is 2.36. The number of aryl methyl sites for hydroxylation is 1. The molecule has 27 heavy (non-hydrogen) atoms. The van der Waals surface area contributed by atoms with Crippen LogP contribution in [-0.4, -0.2) is 52.2 Å². The molecular formula is C16H21F3N6O2. The Morgan fingerprint density at radius 2 is 2.19 bits per heavy atom. The van der Waals surface area contributed by atoms with Gasteiger partial charge < -0.3 is 30.4 Å². The molecule has 1 atom stereocenters. The molecule has 2 aromatic rings. The number of morpholine rings is 1. The number of nitrogens with zero attached hydrogens (tertiary/aromatic N) is 3. The minimum absolute atomic E-state index is 0.154. The molecule has 4 N–H and O–H groups in total. The third-order valence-corrected chi connectivity index (χ3v) is 4.13. The van der Waals surface area contributed by atoms with E-state index in [9.17, 15) is 18.3 Å². The summed E-state index contributed by atoms with van der Waals surface area (Å²) in [5.74, 6) is 0.156. The minimum atomic E-state index is -4.63. The van der Waals surface area contributed by atoms with Crippen LogP contribution in [0, 0.1) is 0 Å². The molecular weight excluding hydrogens is 365 g/mol. The van der Waals surface area contributed by atoms with Gasteiger partial charge in [0.25, 0.3) is 0 Å². The highest BCUT2D eigenvalue weighted by atomic mass is 19.4. The van der Waals surface area contributed by atoms with Gasteiger partial charge in [-0.3, -0.25) is 0 Å². The fraction of sp³-hybridized carbons (Fsp3) is 0.500. The van der Waals surface area contributed by atoms with Crippen LogP contribution in [0.5, 0.6) is 0 Å². The molecule has 1 fully saturated rings. The Balaban J connectivity index is 1.78. The van der Waals surface area contributed by atoms with Gasteiger partial charge in [-0.1, -0.05) is 0 Å². The monoisotopic (exact) mass is 386 g/mol. The van der Waals surface area contributed by atoms with Gasteiger partial charge in [0, 0.05) is 44.6 Å². The number of ether oxygens (including phenoxy) is 1. The number of aromatic nitrogens is 3. The van der Waals surface area contributed by atoms with Crippen molar-refractivity contribution in [1.29, 1.82) is 0 Å². The van der Waals surface area contributed by atoms with Crippen molar-refractivity contribution in [3.05, 3.63) is 29.7 Å². The number of halogens is 3.